The van der Waals surface area contributed by atoms with Crippen LogP contribution < -0.4 is 0 Å². The summed E-state index contributed by atoms with van der Waals surface area (Å²) in [5, 5.41) is 0.491. The van der Waals surface area contributed by atoms with E-state index in [1.165, 1.54) is 0 Å². The quantitative estimate of drug-likeness (QED) is 0.640. The number of carbonyl (C=O) groups excluding carboxylic acids is 1. The lowest BCUT2D eigenvalue weighted by molar-refractivity contribution is -0.116. The van der Waals surface area contributed by atoms with Crippen molar-refractivity contribution in [3.63, 3.8) is 0 Å². The van der Waals surface area contributed by atoms with Crippen LogP contribution in [0.4, 0.5) is 0 Å². The van der Waals surface area contributed by atoms with Crippen LogP contribution in [0.15, 0.2) is 10.6 Å². The number of ketones is 1. The van der Waals surface area contributed by atoms with Crippen LogP contribution >= 0.6 is 34.8 Å². The first-order chi connectivity index (χ1) is 5.76. The first kappa shape index (κ1) is 11.4. The number of rotatable bonds is 1. The van der Waals surface area contributed by atoms with Crippen LogP contribution in [0.3, 0.4) is 0 Å². The molecule has 0 saturated heterocycles. The average Bonchev–Trinajstić information content (AvgIpc) is 2.13. The number of hydrogen-bond acceptors (Lipinski definition) is 1. The van der Waals surface area contributed by atoms with Gasteiger partial charge in [-0.05, 0) is 6.42 Å². The summed E-state index contributed by atoms with van der Waals surface area (Å²) < 4.78 is -1.41. The predicted molar refractivity (Wildman–Crippen MR) is 56.4 cm³/mol. The van der Waals surface area contributed by atoms with E-state index in [1.807, 2.05) is 6.92 Å². The fourth-order valence-electron chi connectivity index (χ4n) is 1.40. The van der Waals surface area contributed by atoms with E-state index in [0.717, 1.165) is 0 Å². The number of alkyl halides is 2. The topological polar surface area (TPSA) is 17.1 Å². The molecule has 4 heteroatoms. The lowest BCUT2D eigenvalue weighted by Crippen LogP contribution is -2.36. The minimum Gasteiger partial charge on any atom is -0.291 e. The fraction of sp³-hybridized carbons (Fsp3) is 0.667. The highest BCUT2D eigenvalue weighted by Gasteiger charge is 2.57. The number of allylic oxidation sites excluding steroid dienone is 2. The smallest absolute Gasteiger partial charge is 0.196 e. The minimum absolute atomic E-state index is 0.256. The average molecular weight is 242 g/mol. The molecule has 1 rings (SSSR count). The summed E-state index contributed by atoms with van der Waals surface area (Å²) in [7, 11) is 0. The molecule has 0 heterocycles. The molecule has 0 unspecified atom stereocenters. The van der Waals surface area contributed by atoms with Crippen molar-refractivity contribution < 1.29 is 4.79 Å². The van der Waals surface area contributed by atoms with Gasteiger partial charge in [0.15, 0.2) is 10.1 Å². The number of hydrogen-bond donors (Lipinski definition) is 0. The second kappa shape index (κ2) is 3.15. The highest BCUT2D eigenvalue weighted by Crippen LogP contribution is 2.55. The van der Waals surface area contributed by atoms with E-state index in [4.69, 9.17) is 34.8 Å². The second-order valence-corrected chi connectivity index (χ2v) is 5.38. The molecule has 0 fully saturated rings. The summed E-state index contributed by atoms with van der Waals surface area (Å²) >= 11 is 18.0. The molecule has 0 aromatic rings. The maximum atomic E-state index is 11.7. The molecule has 0 saturated carbocycles. The van der Waals surface area contributed by atoms with Crippen LogP contribution in [0.2, 0.25) is 0 Å². The van der Waals surface area contributed by atoms with E-state index >= 15 is 0 Å². The van der Waals surface area contributed by atoms with E-state index < -0.39 is 9.75 Å². The molecule has 1 aliphatic rings. The molecular formula is C9H11Cl3O. The number of halogens is 3. The molecule has 1 nitrogen and oxygen atoms in total. The van der Waals surface area contributed by atoms with Gasteiger partial charge in [-0.3, -0.25) is 4.79 Å². The Morgan fingerprint density at radius 2 is 1.77 bits per heavy atom. The lowest BCUT2D eigenvalue weighted by atomic mass is 9.92. The Bertz CT molecular complexity index is 289. The van der Waals surface area contributed by atoms with Gasteiger partial charge < -0.3 is 0 Å². The van der Waals surface area contributed by atoms with Gasteiger partial charge in [-0.25, -0.2) is 0 Å². The van der Waals surface area contributed by atoms with Crippen LogP contribution in [-0.4, -0.2) is 10.1 Å². The molecule has 0 aliphatic heterocycles. The molecule has 1 aliphatic carbocycles. The Morgan fingerprint density at radius 3 is 1.92 bits per heavy atom. The third kappa shape index (κ3) is 1.33. The van der Waals surface area contributed by atoms with E-state index in [2.05, 4.69) is 0 Å². The fourth-order valence-corrected chi connectivity index (χ4v) is 2.28. The lowest BCUT2D eigenvalue weighted by Gasteiger charge is -2.28. The van der Waals surface area contributed by atoms with Gasteiger partial charge in [0.25, 0.3) is 0 Å². The van der Waals surface area contributed by atoms with Crippen molar-refractivity contribution in [1.29, 1.82) is 0 Å². The van der Waals surface area contributed by atoms with Crippen LogP contribution in [0, 0.1) is 5.41 Å². The van der Waals surface area contributed by atoms with E-state index in [1.54, 1.807) is 13.8 Å². The van der Waals surface area contributed by atoms with E-state index in [-0.39, 0.29) is 5.78 Å². The third-order valence-corrected chi connectivity index (χ3v) is 4.50. The van der Waals surface area contributed by atoms with E-state index in [0.29, 0.717) is 17.0 Å². The predicted octanol–water partition coefficient (Wildman–Crippen LogP) is 3.67. The minimum atomic E-state index is -1.41. The molecule has 0 atom stereocenters. The van der Waals surface area contributed by atoms with Crippen molar-refractivity contribution in [1.82, 2.24) is 0 Å². The van der Waals surface area contributed by atoms with Crippen molar-refractivity contribution in [2.24, 2.45) is 5.41 Å². The summed E-state index contributed by atoms with van der Waals surface area (Å²) in [6.45, 7) is 5.41. The zero-order chi connectivity index (χ0) is 10.4. The first-order valence-corrected chi connectivity index (χ1v) is 5.22. The Labute approximate surface area is 93.0 Å². The highest BCUT2D eigenvalue weighted by atomic mass is 35.5. The van der Waals surface area contributed by atoms with Gasteiger partial charge in [-0.1, -0.05) is 55.6 Å². The zero-order valence-corrected chi connectivity index (χ0v) is 10.0. The Morgan fingerprint density at radius 1 is 1.31 bits per heavy atom. The van der Waals surface area contributed by atoms with Crippen molar-refractivity contribution in [2.75, 3.05) is 0 Å². The number of carbonyl (C=O) groups is 1. The molecule has 0 bridgehead atoms. The van der Waals surface area contributed by atoms with Crippen molar-refractivity contribution >= 4 is 40.6 Å². The number of Topliss-reactive ketones (excluding diaryl/α,β-unsaturated/α-hetero) is 1. The molecule has 0 aromatic heterocycles. The van der Waals surface area contributed by atoms with Crippen molar-refractivity contribution in [2.45, 2.75) is 31.5 Å². The molecule has 0 spiro atoms. The molecule has 0 radical (unpaired) electrons. The summed E-state index contributed by atoms with van der Waals surface area (Å²) in [5.41, 5.74) is -0.128. The summed E-state index contributed by atoms with van der Waals surface area (Å²) in [6, 6.07) is 0. The summed E-state index contributed by atoms with van der Waals surface area (Å²) in [6.07, 6.45) is 0.572. The maximum absolute atomic E-state index is 11.7. The summed E-state index contributed by atoms with van der Waals surface area (Å²) in [4.78, 5) is 11.7. The third-order valence-electron chi connectivity index (χ3n) is 2.51. The van der Waals surface area contributed by atoms with Gasteiger partial charge in [0.05, 0.1) is 0 Å². The van der Waals surface area contributed by atoms with Crippen LogP contribution in [0.1, 0.15) is 27.2 Å². The largest absolute Gasteiger partial charge is 0.291 e. The maximum Gasteiger partial charge on any atom is 0.196 e. The Kier molecular flexibility index (Phi) is 2.75. The molecule has 0 amide bonds. The van der Waals surface area contributed by atoms with Crippen LogP contribution in [0.5, 0.6) is 0 Å². The van der Waals surface area contributed by atoms with Gasteiger partial charge in [0.2, 0.25) is 0 Å². The van der Waals surface area contributed by atoms with Crippen LogP contribution in [-0.2, 0) is 4.79 Å². The molecule has 74 valence electrons. The standard InChI is InChI=1S/C9H11Cl3O/c1-4-5-6(10)8(2,3)9(11,12)7(5)13/h4H2,1-3H3. The van der Waals surface area contributed by atoms with E-state index in [9.17, 15) is 4.79 Å². The Balaban J connectivity index is 3.30. The van der Waals surface area contributed by atoms with Crippen molar-refractivity contribution in [3.8, 4) is 0 Å². The van der Waals surface area contributed by atoms with Gasteiger partial charge in [0, 0.05) is 16.0 Å². The van der Waals surface area contributed by atoms with Gasteiger partial charge >= 0.3 is 0 Å². The molecule has 13 heavy (non-hydrogen) atoms. The SMILES string of the molecule is CCC1=C(Cl)C(C)(C)C(Cl)(Cl)C1=O. The Hall–Kier alpha value is 0.280. The van der Waals surface area contributed by atoms with Gasteiger partial charge in [-0.15, -0.1) is 0 Å². The van der Waals surface area contributed by atoms with Gasteiger partial charge in [0.1, 0.15) is 0 Å². The summed E-state index contributed by atoms with van der Waals surface area (Å²) in [5.74, 6) is -0.256. The second-order valence-electron chi connectivity index (χ2n) is 3.67. The normalized spacial score (nSPS) is 25.5. The zero-order valence-electron chi connectivity index (χ0n) is 7.75. The monoisotopic (exact) mass is 240 g/mol. The first-order valence-electron chi connectivity index (χ1n) is 4.08. The molecule has 0 N–H and O–H groups in total. The van der Waals surface area contributed by atoms with Crippen molar-refractivity contribution in [3.05, 3.63) is 10.6 Å². The molecular weight excluding hydrogens is 230 g/mol. The van der Waals surface area contributed by atoms with Crippen LogP contribution in [0.25, 0.3) is 0 Å². The molecule has 0 aromatic carbocycles. The highest BCUT2D eigenvalue weighted by molar-refractivity contribution is 6.63. The van der Waals surface area contributed by atoms with Gasteiger partial charge in [-0.2, -0.15) is 0 Å².